The zero-order valence-electron chi connectivity index (χ0n) is 21.3. The first-order chi connectivity index (χ1) is 18.4. The number of amides is 2. The molecule has 4 aromatic rings. The van der Waals surface area contributed by atoms with E-state index in [4.69, 9.17) is 17.2 Å². The largest absolute Gasteiger partial charge is 0.370 e. The maximum absolute atomic E-state index is 13.3. The van der Waals surface area contributed by atoms with Crippen molar-refractivity contribution in [3.63, 3.8) is 0 Å². The molecule has 0 fully saturated rings. The van der Waals surface area contributed by atoms with Gasteiger partial charge in [0.25, 0.3) is 0 Å². The van der Waals surface area contributed by atoms with E-state index in [9.17, 15) is 9.59 Å². The predicted octanol–water partition coefficient (Wildman–Crippen LogP) is 2.72. The Balaban J connectivity index is 1.49. The zero-order chi connectivity index (χ0) is 26.9. The fourth-order valence-corrected chi connectivity index (χ4v) is 4.60. The average molecular weight is 511 g/mol. The standard InChI is InChI=1S/C30H34N6O2/c31-26(18-25-23-13-6-4-11-21(23)17-22-12-5-7-14-24(22)25)28(37)36-27(15-8-16-34-30(32)33)29(38)35-19-20-9-2-1-3-10-20/h1-7,9-14,17,26-27H,8,15-16,18-19,31H2,(H,35,38)(H,36,37)(H4,32,33,34)/t26-,27-/m0/s1. The number of carbonyl (C=O) groups is 2. The zero-order valence-corrected chi connectivity index (χ0v) is 21.3. The van der Waals surface area contributed by atoms with Crippen LogP contribution in [-0.2, 0) is 22.6 Å². The molecule has 0 saturated carbocycles. The molecule has 0 aromatic heterocycles. The number of nitrogens with one attached hydrogen (secondary N) is 2. The van der Waals surface area contributed by atoms with Gasteiger partial charge in [-0.05, 0) is 58.0 Å². The average Bonchev–Trinajstić information content (AvgIpc) is 2.93. The molecule has 4 aromatic carbocycles. The van der Waals surface area contributed by atoms with Crippen LogP contribution in [0.4, 0.5) is 0 Å². The van der Waals surface area contributed by atoms with Crippen LogP contribution >= 0.6 is 0 Å². The third-order valence-electron chi connectivity index (χ3n) is 6.53. The molecule has 0 bridgehead atoms. The molecule has 0 radical (unpaired) electrons. The second kappa shape index (κ2) is 12.7. The number of hydrogen-bond donors (Lipinski definition) is 5. The molecule has 8 nitrogen and oxygen atoms in total. The normalized spacial score (nSPS) is 12.6. The highest BCUT2D eigenvalue weighted by Crippen LogP contribution is 2.29. The third-order valence-corrected chi connectivity index (χ3v) is 6.53. The van der Waals surface area contributed by atoms with E-state index in [1.807, 2.05) is 66.7 Å². The minimum absolute atomic E-state index is 0.0107. The van der Waals surface area contributed by atoms with E-state index < -0.39 is 12.1 Å². The summed E-state index contributed by atoms with van der Waals surface area (Å²) in [6.07, 6.45) is 1.22. The monoisotopic (exact) mass is 510 g/mol. The summed E-state index contributed by atoms with van der Waals surface area (Å²) in [5.41, 5.74) is 19.2. The van der Waals surface area contributed by atoms with E-state index in [-0.39, 0.29) is 17.8 Å². The Labute approximate surface area is 222 Å². The Hall–Kier alpha value is -4.43. The highest BCUT2D eigenvalue weighted by Gasteiger charge is 2.24. The number of nitrogens with two attached hydrogens (primary N) is 3. The van der Waals surface area contributed by atoms with Crippen LogP contribution in [0.25, 0.3) is 21.5 Å². The Bertz CT molecular complexity index is 1380. The molecule has 196 valence electrons. The van der Waals surface area contributed by atoms with Crippen LogP contribution in [0.1, 0.15) is 24.0 Å². The van der Waals surface area contributed by atoms with Gasteiger partial charge in [-0.2, -0.15) is 0 Å². The summed E-state index contributed by atoms with van der Waals surface area (Å²) in [7, 11) is 0. The van der Waals surface area contributed by atoms with Crippen LogP contribution < -0.4 is 27.8 Å². The Morgan fingerprint density at radius 2 is 1.42 bits per heavy atom. The molecule has 0 heterocycles. The Kier molecular flexibility index (Phi) is 8.89. The molecular weight excluding hydrogens is 476 g/mol. The number of hydrogen-bond acceptors (Lipinski definition) is 4. The summed E-state index contributed by atoms with van der Waals surface area (Å²) in [6, 6.07) is 26.3. The second-order valence-electron chi connectivity index (χ2n) is 9.32. The smallest absolute Gasteiger partial charge is 0.242 e. The molecular formula is C30H34N6O2. The van der Waals surface area contributed by atoms with E-state index in [1.165, 1.54) is 0 Å². The van der Waals surface area contributed by atoms with Gasteiger partial charge < -0.3 is 27.8 Å². The quantitative estimate of drug-likeness (QED) is 0.0910. The highest BCUT2D eigenvalue weighted by molar-refractivity contribution is 6.03. The van der Waals surface area contributed by atoms with Gasteiger partial charge in [0.15, 0.2) is 5.96 Å². The van der Waals surface area contributed by atoms with Crippen molar-refractivity contribution in [3.8, 4) is 0 Å². The molecule has 0 unspecified atom stereocenters. The van der Waals surface area contributed by atoms with Crippen molar-refractivity contribution >= 4 is 39.3 Å². The van der Waals surface area contributed by atoms with Crippen molar-refractivity contribution < 1.29 is 9.59 Å². The maximum Gasteiger partial charge on any atom is 0.242 e. The molecule has 0 spiro atoms. The summed E-state index contributed by atoms with van der Waals surface area (Å²) in [4.78, 5) is 30.3. The van der Waals surface area contributed by atoms with Gasteiger partial charge in [-0.15, -0.1) is 0 Å². The third kappa shape index (κ3) is 6.86. The minimum atomic E-state index is -0.841. The van der Waals surface area contributed by atoms with Gasteiger partial charge in [0.2, 0.25) is 11.8 Å². The van der Waals surface area contributed by atoms with Gasteiger partial charge >= 0.3 is 0 Å². The number of rotatable bonds is 11. The molecule has 8 N–H and O–H groups in total. The van der Waals surface area contributed by atoms with Gasteiger partial charge in [-0.25, -0.2) is 0 Å². The molecule has 2 atom stereocenters. The number of carbonyl (C=O) groups excluding carboxylic acids is 2. The van der Waals surface area contributed by atoms with Crippen LogP contribution in [0, 0.1) is 0 Å². The lowest BCUT2D eigenvalue weighted by Crippen LogP contribution is -2.52. The lowest BCUT2D eigenvalue weighted by atomic mass is 9.92. The fraction of sp³-hybridized carbons (Fsp3) is 0.233. The summed E-state index contributed by atoms with van der Waals surface area (Å²) in [5, 5.41) is 10.1. The van der Waals surface area contributed by atoms with Crippen LogP contribution in [0.15, 0.2) is 89.9 Å². The molecule has 0 aliphatic heterocycles. The predicted molar refractivity (Wildman–Crippen MR) is 153 cm³/mol. The van der Waals surface area contributed by atoms with E-state index in [0.717, 1.165) is 32.7 Å². The van der Waals surface area contributed by atoms with Crippen LogP contribution in [-0.4, -0.2) is 36.4 Å². The van der Waals surface area contributed by atoms with Gasteiger partial charge in [0, 0.05) is 13.1 Å². The molecule has 2 amide bonds. The summed E-state index contributed by atoms with van der Waals surface area (Å²) in [5.74, 6) is -0.679. The van der Waals surface area contributed by atoms with Crippen molar-refractivity contribution in [1.29, 1.82) is 0 Å². The van der Waals surface area contributed by atoms with Gasteiger partial charge in [0.1, 0.15) is 6.04 Å². The minimum Gasteiger partial charge on any atom is -0.370 e. The van der Waals surface area contributed by atoms with E-state index in [2.05, 4.69) is 33.8 Å². The summed E-state index contributed by atoms with van der Waals surface area (Å²) in [6.45, 7) is 0.711. The molecule has 4 rings (SSSR count). The Morgan fingerprint density at radius 1 is 0.816 bits per heavy atom. The molecule has 8 heteroatoms. The first-order valence-electron chi connectivity index (χ1n) is 12.7. The van der Waals surface area contributed by atoms with E-state index in [0.29, 0.717) is 32.4 Å². The number of fused-ring (bicyclic) bond motifs is 2. The summed E-state index contributed by atoms with van der Waals surface area (Å²) >= 11 is 0. The van der Waals surface area contributed by atoms with Crippen molar-refractivity contribution in [2.24, 2.45) is 22.2 Å². The fourth-order valence-electron chi connectivity index (χ4n) is 4.60. The second-order valence-corrected chi connectivity index (χ2v) is 9.32. The van der Waals surface area contributed by atoms with E-state index in [1.54, 1.807) is 0 Å². The molecule has 38 heavy (non-hydrogen) atoms. The van der Waals surface area contributed by atoms with Crippen LogP contribution in [0.3, 0.4) is 0 Å². The van der Waals surface area contributed by atoms with Gasteiger partial charge in [-0.1, -0.05) is 78.9 Å². The van der Waals surface area contributed by atoms with Gasteiger partial charge in [-0.3, -0.25) is 14.6 Å². The van der Waals surface area contributed by atoms with Crippen molar-refractivity contribution in [2.75, 3.05) is 6.54 Å². The topological polar surface area (TPSA) is 149 Å². The first kappa shape index (κ1) is 26.6. The number of nitrogens with zero attached hydrogens (tertiary/aromatic N) is 1. The number of aliphatic imine (C=N–C) groups is 1. The lowest BCUT2D eigenvalue weighted by Gasteiger charge is -2.21. The van der Waals surface area contributed by atoms with Crippen molar-refractivity contribution in [2.45, 2.75) is 37.9 Å². The maximum atomic E-state index is 13.3. The SMILES string of the molecule is NC(N)=NCCC[C@H](NC(=O)[C@@H](N)Cc1c2ccccc2cc2ccccc12)C(=O)NCc1ccccc1. The lowest BCUT2D eigenvalue weighted by molar-refractivity contribution is -0.129. The Morgan fingerprint density at radius 3 is 2.05 bits per heavy atom. The summed E-state index contributed by atoms with van der Waals surface area (Å²) < 4.78 is 0. The first-order valence-corrected chi connectivity index (χ1v) is 12.7. The highest BCUT2D eigenvalue weighted by atomic mass is 16.2. The van der Waals surface area contributed by atoms with E-state index >= 15 is 0 Å². The van der Waals surface area contributed by atoms with Crippen molar-refractivity contribution in [3.05, 3.63) is 96.1 Å². The molecule has 0 saturated heterocycles. The van der Waals surface area contributed by atoms with Crippen LogP contribution in [0.2, 0.25) is 0 Å². The number of guanidine groups is 1. The van der Waals surface area contributed by atoms with Crippen LogP contribution in [0.5, 0.6) is 0 Å². The number of benzene rings is 4. The molecule has 0 aliphatic rings. The van der Waals surface area contributed by atoms with Crippen molar-refractivity contribution in [1.82, 2.24) is 10.6 Å². The molecule has 0 aliphatic carbocycles. The van der Waals surface area contributed by atoms with Gasteiger partial charge in [0.05, 0.1) is 6.04 Å².